The number of ether oxygens (including phenoxy) is 4. The van der Waals surface area contributed by atoms with Crippen molar-refractivity contribution in [3.63, 3.8) is 0 Å². The van der Waals surface area contributed by atoms with Crippen molar-refractivity contribution in [2.45, 2.75) is 420 Å². The summed E-state index contributed by atoms with van der Waals surface area (Å²) in [5, 5.41) is 10.6. The largest absolute Gasteiger partial charge is 0.472 e. The van der Waals surface area contributed by atoms with Gasteiger partial charge in [0.1, 0.15) is 19.3 Å². The highest BCUT2D eigenvalue weighted by molar-refractivity contribution is 7.47. The number of carbonyl (C=O) groups is 4. The van der Waals surface area contributed by atoms with E-state index in [4.69, 9.17) is 37.0 Å². The summed E-state index contributed by atoms with van der Waals surface area (Å²) in [7, 11) is -9.91. The van der Waals surface area contributed by atoms with Crippen molar-refractivity contribution < 1.29 is 80.2 Å². The van der Waals surface area contributed by atoms with E-state index < -0.39 is 97.5 Å². The van der Waals surface area contributed by atoms with Gasteiger partial charge in [0.15, 0.2) is 12.2 Å². The number of carbonyl (C=O) groups excluding carboxylic acids is 4. The maximum atomic E-state index is 13.1. The Morgan fingerprint density at radius 1 is 0.278 bits per heavy atom. The van der Waals surface area contributed by atoms with Crippen LogP contribution in [0.1, 0.15) is 402 Å². The lowest BCUT2D eigenvalue weighted by atomic mass is 10.0. The Labute approximate surface area is 594 Å². The van der Waals surface area contributed by atoms with E-state index in [0.717, 1.165) is 108 Å². The highest BCUT2D eigenvalue weighted by atomic mass is 31.2. The minimum absolute atomic E-state index is 0.104. The van der Waals surface area contributed by atoms with E-state index in [2.05, 4.69) is 48.5 Å². The fourth-order valence-corrected chi connectivity index (χ4v) is 13.5. The zero-order valence-electron chi connectivity index (χ0n) is 63.5. The van der Waals surface area contributed by atoms with Gasteiger partial charge in [-0.05, 0) is 43.4 Å². The number of unbranched alkanes of at least 4 members (excludes halogenated alkanes) is 44. The molecule has 0 bridgehead atoms. The van der Waals surface area contributed by atoms with Crippen LogP contribution in [0.4, 0.5) is 0 Å². The van der Waals surface area contributed by atoms with Crippen LogP contribution in [0.25, 0.3) is 0 Å². The van der Waals surface area contributed by atoms with E-state index >= 15 is 0 Å². The van der Waals surface area contributed by atoms with Gasteiger partial charge in [0.2, 0.25) is 0 Å². The first-order valence-corrected chi connectivity index (χ1v) is 43.3. The monoisotopic (exact) mass is 1420 g/mol. The fraction of sp³-hybridized carbons (Fsp3) is 0.949. The van der Waals surface area contributed by atoms with Gasteiger partial charge in [0.25, 0.3) is 0 Å². The molecule has 17 nitrogen and oxygen atoms in total. The second-order valence-electron chi connectivity index (χ2n) is 29.5. The second kappa shape index (κ2) is 68.5. The third-order valence-electron chi connectivity index (χ3n) is 18.1. The first-order valence-electron chi connectivity index (χ1n) is 40.3. The molecule has 0 amide bonds. The van der Waals surface area contributed by atoms with Crippen LogP contribution in [-0.4, -0.2) is 96.7 Å². The molecule has 0 saturated heterocycles. The molecule has 0 fully saturated rings. The molecule has 5 atom stereocenters. The molecular formula is C78H152O17P2. The van der Waals surface area contributed by atoms with Gasteiger partial charge in [0.05, 0.1) is 26.4 Å². The summed E-state index contributed by atoms with van der Waals surface area (Å²) in [5.41, 5.74) is 0. The molecule has 0 aromatic carbocycles. The lowest BCUT2D eigenvalue weighted by Gasteiger charge is -2.21. The molecule has 19 heteroatoms. The summed E-state index contributed by atoms with van der Waals surface area (Å²) < 4.78 is 68.5. The van der Waals surface area contributed by atoms with Crippen molar-refractivity contribution in [3.8, 4) is 0 Å². The van der Waals surface area contributed by atoms with Gasteiger partial charge in [-0.3, -0.25) is 37.3 Å². The molecule has 0 aromatic heterocycles. The van der Waals surface area contributed by atoms with Crippen molar-refractivity contribution in [1.82, 2.24) is 0 Å². The van der Waals surface area contributed by atoms with Crippen LogP contribution < -0.4 is 0 Å². The van der Waals surface area contributed by atoms with Gasteiger partial charge in [-0.15, -0.1) is 0 Å². The molecule has 0 rings (SSSR count). The Kier molecular flexibility index (Phi) is 67.1. The molecular weight excluding hydrogens is 1270 g/mol. The first-order chi connectivity index (χ1) is 46.7. The van der Waals surface area contributed by atoms with Crippen LogP contribution in [0.5, 0.6) is 0 Å². The van der Waals surface area contributed by atoms with E-state index in [0.29, 0.717) is 31.6 Å². The lowest BCUT2D eigenvalue weighted by Crippen LogP contribution is -2.30. The van der Waals surface area contributed by atoms with Gasteiger partial charge >= 0.3 is 39.5 Å². The fourth-order valence-electron chi connectivity index (χ4n) is 12.0. The Bertz CT molecular complexity index is 1890. The molecule has 0 spiro atoms. The molecule has 0 radical (unpaired) electrons. The molecule has 0 saturated carbocycles. The first kappa shape index (κ1) is 95.1. The number of phosphoric acid groups is 2. The SMILES string of the molecule is CCCCCCCCCCCCCCCCCCCCCCCCC(=O)O[C@H](COC(=O)CCCCCCCCCCCCCC(C)C)COP(=O)(O)OC[C@@H](O)COP(=O)(O)OC[C@@H](COC(=O)CCCCCCCCC(C)C)OC(=O)CCCCCCCCCCCC(C)C. The number of hydrogen-bond donors (Lipinski definition) is 3. The van der Waals surface area contributed by atoms with E-state index in [-0.39, 0.29) is 25.7 Å². The van der Waals surface area contributed by atoms with Gasteiger partial charge in [0, 0.05) is 25.7 Å². The Morgan fingerprint density at radius 2 is 0.474 bits per heavy atom. The number of aliphatic hydroxyl groups is 1. The van der Waals surface area contributed by atoms with Crippen molar-refractivity contribution in [2.24, 2.45) is 17.8 Å². The Morgan fingerprint density at radius 3 is 0.701 bits per heavy atom. The van der Waals surface area contributed by atoms with E-state index in [9.17, 15) is 43.2 Å². The molecule has 0 aliphatic heterocycles. The van der Waals surface area contributed by atoms with Crippen molar-refractivity contribution in [2.75, 3.05) is 39.6 Å². The molecule has 97 heavy (non-hydrogen) atoms. The van der Waals surface area contributed by atoms with Gasteiger partial charge in [-0.25, -0.2) is 9.13 Å². The van der Waals surface area contributed by atoms with Crippen LogP contribution in [0.3, 0.4) is 0 Å². The van der Waals surface area contributed by atoms with Crippen LogP contribution in [0.2, 0.25) is 0 Å². The highest BCUT2D eigenvalue weighted by Crippen LogP contribution is 2.45. The lowest BCUT2D eigenvalue weighted by molar-refractivity contribution is -0.161. The molecule has 0 aromatic rings. The Hall–Kier alpha value is -1.94. The van der Waals surface area contributed by atoms with Gasteiger partial charge in [-0.1, -0.05) is 350 Å². The zero-order valence-corrected chi connectivity index (χ0v) is 65.3. The molecule has 0 aliphatic rings. The normalized spacial score (nSPS) is 14.0. The number of phosphoric ester groups is 2. The van der Waals surface area contributed by atoms with Gasteiger partial charge in [-0.2, -0.15) is 0 Å². The predicted molar refractivity (Wildman–Crippen MR) is 395 cm³/mol. The molecule has 0 heterocycles. The topological polar surface area (TPSA) is 237 Å². The van der Waals surface area contributed by atoms with Crippen LogP contribution in [0.15, 0.2) is 0 Å². The number of rotatable bonds is 76. The Balaban J connectivity index is 5.18. The van der Waals surface area contributed by atoms with E-state index in [1.165, 1.54) is 205 Å². The van der Waals surface area contributed by atoms with Crippen molar-refractivity contribution in [1.29, 1.82) is 0 Å². The summed E-state index contributed by atoms with van der Waals surface area (Å²) in [6.07, 6.45) is 55.9. The average Bonchev–Trinajstić information content (AvgIpc) is 1.23. The third-order valence-corrected chi connectivity index (χ3v) is 20.0. The average molecular weight is 1420 g/mol. The summed E-state index contributed by atoms with van der Waals surface area (Å²) in [6, 6.07) is 0. The smallest absolute Gasteiger partial charge is 0.462 e. The van der Waals surface area contributed by atoms with Gasteiger partial charge < -0.3 is 33.8 Å². The zero-order chi connectivity index (χ0) is 71.6. The number of hydrogen-bond acceptors (Lipinski definition) is 15. The van der Waals surface area contributed by atoms with Crippen LogP contribution in [0, 0.1) is 17.8 Å². The standard InChI is InChI=1S/C78H152O17P2/c1-8-9-10-11-12-13-14-15-16-17-18-19-20-21-22-23-24-27-33-38-47-54-61-77(82)94-73(65-88-75(80)59-52-45-37-32-28-25-26-30-35-42-49-56-69(2)3)67-92-96(84,85)90-63-72(79)64-91-97(86,87)93-68-74(66-89-76(81)60-53-46-41-40-44-51-58-71(6)7)95-78(83)62-55-48-39-34-29-31-36-43-50-57-70(4)5/h69-74,79H,8-68H2,1-7H3,(H,84,85)(H,86,87)/t72-,73-,74-/m1/s1. The van der Waals surface area contributed by atoms with E-state index in [1.54, 1.807) is 0 Å². The molecule has 3 N–H and O–H groups in total. The molecule has 0 aliphatic carbocycles. The maximum absolute atomic E-state index is 13.1. The maximum Gasteiger partial charge on any atom is 0.472 e. The third kappa shape index (κ3) is 72.2. The summed E-state index contributed by atoms with van der Waals surface area (Å²) in [4.78, 5) is 72.8. The van der Waals surface area contributed by atoms with E-state index in [1.807, 2.05) is 0 Å². The quantitative estimate of drug-likeness (QED) is 0.0222. The van der Waals surface area contributed by atoms with Crippen molar-refractivity contribution in [3.05, 3.63) is 0 Å². The summed E-state index contributed by atoms with van der Waals surface area (Å²) in [6.45, 7) is 11.8. The predicted octanol–water partition coefficient (Wildman–Crippen LogP) is 23.0. The second-order valence-corrected chi connectivity index (χ2v) is 32.4. The molecule has 576 valence electrons. The summed E-state index contributed by atoms with van der Waals surface area (Å²) >= 11 is 0. The molecule has 2 unspecified atom stereocenters. The van der Waals surface area contributed by atoms with Crippen LogP contribution >= 0.6 is 15.6 Å². The minimum atomic E-state index is -4.96. The minimum Gasteiger partial charge on any atom is -0.462 e. The highest BCUT2D eigenvalue weighted by Gasteiger charge is 2.30. The number of aliphatic hydroxyl groups excluding tert-OH is 1. The van der Waals surface area contributed by atoms with Crippen LogP contribution in [-0.2, 0) is 65.4 Å². The summed E-state index contributed by atoms with van der Waals surface area (Å²) in [5.74, 6) is 0.0665. The number of esters is 4. The van der Waals surface area contributed by atoms with Crippen molar-refractivity contribution >= 4 is 39.5 Å².